The standard InChI is InChI=1S/C19H32N4O2.HI/c1-4-6-12-25-13-8-11-21-19(20-5-2)22-15-17-9-7-10-18(14-17)23-16(3)24;/h7,9-10,14H,4-6,8,11-13,15H2,1-3H3,(H,23,24)(H2,20,21,22);1H. The fourth-order valence-corrected chi connectivity index (χ4v) is 2.19. The van der Waals surface area contributed by atoms with Gasteiger partial charge in [0.2, 0.25) is 5.91 Å². The summed E-state index contributed by atoms with van der Waals surface area (Å²) in [4.78, 5) is 15.7. The van der Waals surface area contributed by atoms with Crippen molar-refractivity contribution in [3.05, 3.63) is 29.8 Å². The van der Waals surface area contributed by atoms with Crippen molar-refractivity contribution in [2.45, 2.75) is 46.6 Å². The molecule has 0 aromatic heterocycles. The number of carbonyl (C=O) groups excluding carboxylic acids is 1. The van der Waals surface area contributed by atoms with Crippen molar-refractivity contribution in [3.63, 3.8) is 0 Å². The third-order valence-electron chi connectivity index (χ3n) is 3.41. The van der Waals surface area contributed by atoms with E-state index in [4.69, 9.17) is 4.74 Å². The largest absolute Gasteiger partial charge is 0.381 e. The van der Waals surface area contributed by atoms with Gasteiger partial charge in [-0.05, 0) is 37.5 Å². The maximum absolute atomic E-state index is 11.1. The van der Waals surface area contributed by atoms with Crippen LogP contribution in [0.1, 0.15) is 45.6 Å². The number of hydrogen-bond donors (Lipinski definition) is 3. The molecular formula is C19H33IN4O2. The molecule has 1 amide bonds. The fraction of sp³-hybridized carbons (Fsp3) is 0.579. The van der Waals surface area contributed by atoms with E-state index in [9.17, 15) is 4.79 Å². The molecular weight excluding hydrogens is 443 g/mol. The summed E-state index contributed by atoms with van der Waals surface area (Å²) in [6.07, 6.45) is 3.24. The number of nitrogens with zero attached hydrogens (tertiary/aromatic N) is 1. The minimum absolute atomic E-state index is 0. The van der Waals surface area contributed by atoms with E-state index in [1.807, 2.05) is 31.2 Å². The van der Waals surface area contributed by atoms with Crippen LogP contribution >= 0.6 is 24.0 Å². The molecule has 0 atom stereocenters. The number of carbonyl (C=O) groups is 1. The predicted octanol–water partition coefficient (Wildman–Crippen LogP) is 3.52. The predicted molar refractivity (Wildman–Crippen MR) is 119 cm³/mol. The van der Waals surface area contributed by atoms with Gasteiger partial charge in [0.1, 0.15) is 0 Å². The first-order chi connectivity index (χ1) is 12.2. The first-order valence-electron chi connectivity index (χ1n) is 9.12. The number of aliphatic imine (C=N–C) groups is 1. The summed E-state index contributed by atoms with van der Waals surface area (Å²) in [6, 6.07) is 7.73. The molecule has 7 heteroatoms. The van der Waals surface area contributed by atoms with Crippen LogP contribution in [-0.2, 0) is 16.1 Å². The van der Waals surface area contributed by atoms with Gasteiger partial charge >= 0.3 is 0 Å². The zero-order valence-corrected chi connectivity index (χ0v) is 18.5. The number of anilines is 1. The van der Waals surface area contributed by atoms with E-state index in [2.05, 4.69) is 27.9 Å². The molecule has 0 spiro atoms. The maximum Gasteiger partial charge on any atom is 0.221 e. The number of hydrogen-bond acceptors (Lipinski definition) is 3. The first kappa shape index (κ1) is 24.7. The zero-order valence-electron chi connectivity index (χ0n) is 16.1. The summed E-state index contributed by atoms with van der Waals surface area (Å²) < 4.78 is 5.56. The lowest BCUT2D eigenvalue weighted by Gasteiger charge is -2.11. The summed E-state index contributed by atoms with van der Waals surface area (Å²) in [5.74, 6) is 0.720. The maximum atomic E-state index is 11.1. The average Bonchev–Trinajstić information content (AvgIpc) is 2.58. The van der Waals surface area contributed by atoms with Crippen molar-refractivity contribution < 1.29 is 9.53 Å². The van der Waals surface area contributed by atoms with Gasteiger partial charge in [0.25, 0.3) is 0 Å². The molecule has 0 heterocycles. The Morgan fingerprint density at radius 1 is 1.15 bits per heavy atom. The normalized spacial score (nSPS) is 10.8. The number of ether oxygens (including phenoxy) is 1. The van der Waals surface area contributed by atoms with E-state index in [-0.39, 0.29) is 29.9 Å². The van der Waals surface area contributed by atoms with Crippen LogP contribution in [0.15, 0.2) is 29.3 Å². The molecule has 0 saturated heterocycles. The monoisotopic (exact) mass is 476 g/mol. The quantitative estimate of drug-likeness (QED) is 0.198. The number of nitrogens with one attached hydrogen (secondary N) is 3. The molecule has 3 N–H and O–H groups in total. The van der Waals surface area contributed by atoms with Crippen molar-refractivity contribution in [1.82, 2.24) is 10.6 Å². The van der Waals surface area contributed by atoms with Gasteiger partial charge in [0.15, 0.2) is 5.96 Å². The van der Waals surface area contributed by atoms with Crippen LogP contribution in [0.25, 0.3) is 0 Å². The molecule has 0 bridgehead atoms. The Bertz CT molecular complexity index is 538. The van der Waals surface area contributed by atoms with Crippen molar-refractivity contribution in [2.24, 2.45) is 4.99 Å². The summed E-state index contributed by atoms with van der Waals surface area (Å²) in [7, 11) is 0. The molecule has 1 aromatic rings. The Balaban J connectivity index is 0.00000625. The first-order valence-corrected chi connectivity index (χ1v) is 9.12. The Kier molecular flexibility index (Phi) is 15.0. The van der Waals surface area contributed by atoms with E-state index in [0.29, 0.717) is 6.54 Å². The van der Waals surface area contributed by atoms with E-state index in [0.717, 1.165) is 56.4 Å². The number of amides is 1. The Labute approximate surface area is 174 Å². The van der Waals surface area contributed by atoms with Crippen LogP contribution in [0.2, 0.25) is 0 Å². The van der Waals surface area contributed by atoms with Crippen molar-refractivity contribution in [1.29, 1.82) is 0 Å². The number of unbranched alkanes of at least 4 members (excludes halogenated alkanes) is 1. The molecule has 0 aliphatic carbocycles. The molecule has 1 rings (SSSR count). The topological polar surface area (TPSA) is 74.8 Å². The molecule has 0 aliphatic heterocycles. The van der Waals surface area contributed by atoms with E-state index in [1.54, 1.807) is 0 Å². The lowest BCUT2D eigenvalue weighted by atomic mass is 10.2. The lowest BCUT2D eigenvalue weighted by molar-refractivity contribution is -0.114. The summed E-state index contributed by atoms with van der Waals surface area (Å²) in [6.45, 7) is 9.51. The molecule has 0 radical (unpaired) electrons. The number of benzene rings is 1. The molecule has 0 saturated carbocycles. The van der Waals surface area contributed by atoms with Crippen molar-refractivity contribution >= 4 is 41.5 Å². The molecule has 0 aliphatic rings. The third-order valence-corrected chi connectivity index (χ3v) is 3.41. The number of halogens is 1. The second-order valence-corrected chi connectivity index (χ2v) is 5.82. The molecule has 26 heavy (non-hydrogen) atoms. The van der Waals surface area contributed by atoms with Gasteiger partial charge in [-0.1, -0.05) is 25.5 Å². The van der Waals surface area contributed by atoms with Crippen LogP contribution in [0.3, 0.4) is 0 Å². The second-order valence-electron chi connectivity index (χ2n) is 5.82. The van der Waals surface area contributed by atoms with Crippen LogP contribution < -0.4 is 16.0 Å². The average molecular weight is 476 g/mol. The fourth-order valence-electron chi connectivity index (χ4n) is 2.19. The van der Waals surface area contributed by atoms with Gasteiger partial charge in [-0.2, -0.15) is 0 Å². The van der Waals surface area contributed by atoms with Crippen molar-refractivity contribution in [2.75, 3.05) is 31.6 Å². The van der Waals surface area contributed by atoms with Gasteiger partial charge in [0.05, 0.1) is 6.54 Å². The van der Waals surface area contributed by atoms with Gasteiger partial charge in [-0.3, -0.25) is 4.79 Å². The SMILES string of the molecule is CCCCOCCCNC(=NCc1cccc(NC(C)=O)c1)NCC.I. The summed E-state index contributed by atoms with van der Waals surface area (Å²) >= 11 is 0. The molecule has 148 valence electrons. The molecule has 0 unspecified atom stereocenters. The molecule has 1 aromatic carbocycles. The smallest absolute Gasteiger partial charge is 0.221 e. The zero-order chi connectivity index (χ0) is 18.3. The Morgan fingerprint density at radius 3 is 2.62 bits per heavy atom. The number of guanidine groups is 1. The Hall–Kier alpha value is -1.35. The highest BCUT2D eigenvalue weighted by atomic mass is 127. The minimum Gasteiger partial charge on any atom is -0.381 e. The van der Waals surface area contributed by atoms with Crippen LogP contribution in [0.5, 0.6) is 0 Å². The Morgan fingerprint density at radius 2 is 1.92 bits per heavy atom. The van der Waals surface area contributed by atoms with Crippen molar-refractivity contribution in [3.8, 4) is 0 Å². The summed E-state index contributed by atoms with van der Waals surface area (Å²) in [5.41, 5.74) is 1.84. The van der Waals surface area contributed by atoms with Gasteiger partial charge < -0.3 is 20.7 Å². The van der Waals surface area contributed by atoms with E-state index < -0.39 is 0 Å². The highest BCUT2D eigenvalue weighted by Gasteiger charge is 2.00. The highest BCUT2D eigenvalue weighted by Crippen LogP contribution is 2.11. The number of rotatable bonds is 11. The second kappa shape index (κ2) is 15.9. The van der Waals surface area contributed by atoms with Crippen LogP contribution in [-0.4, -0.2) is 38.2 Å². The van der Waals surface area contributed by atoms with Crippen LogP contribution in [0, 0.1) is 0 Å². The van der Waals surface area contributed by atoms with E-state index >= 15 is 0 Å². The third kappa shape index (κ3) is 12.1. The van der Waals surface area contributed by atoms with Crippen LogP contribution in [0.4, 0.5) is 5.69 Å². The summed E-state index contributed by atoms with van der Waals surface area (Å²) in [5, 5.41) is 9.35. The molecule has 0 fully saturated rings. The molecule has 6 nitrogen and oxygen atoms in total. The van der Waals surface area contributed by atoms with E-state index in [1.165, 1.54) is 13.3 Å². The van der Waals surface area contributed by atoms with Gasteiger partial charge in [-0.25, -0.2) is 4.99 Å². The van der Waals surface area contributed by atoms with Gasteiger partial charge in [0, 0.05) is 38.9 Å². The highest BCUT2D eigenvalue weighted by molar-refractivity contribution is 14.0. The van der Waals surface area contributed by atoms with Gasteiger partial charge in [-0.15, -0.1) is 24.0 Å². The minimum atomic E-state index is -0.0724. The lowest BCUT2D eigenvalue weighted by Crippen LogP contribution is -2.38.